The van der Waals surface area contributed by atoms with Crippen molar-refractivity contribution in [1.29, 1.82) is 0 Å². The smallest absolute Gasteiger partial charge is 0.271 e. The number of benzene rings is 1. The predicted octanol–water partition coefficient (Wildman–Crippen LogP) is 2.37. The molecular formula is C23H28N6O3. The number of nitrogens with one attached hydrogen (secondary N) is 2. The lowest BCUT2D eigenvalue weighted by molar-refractivity contribution is -0.0575. The van der Waals surface area contributed by atoms with Crippen LogP contribution in [0.25, 0.3) is 22.0 Å². The van der Waals surface area contributed by atoms with Gasteiger partial charge in [0.05, 0.1) is 23.9 Å². The first-order chi connectivity index (χ1) is 15.6. The van der Waals surface area contributed by atoms with Crippen LogP contribution >= 0.6 is 0 Å². The number of hydrogen-bond acceptors (Lipinski definition) is 8. The molecule has 1 amide bonds. The summed E-state index contributed by atoms with van der Waals surface area (Å²) in [5.74, 6) is -0.0420. The second-order valence-electron chi connectivity index (χ2n) is 7.84. The zero-order valence-electron chi connectivity index (χ0n) is 18.3. The number of carbonyl (C=O) groups excluding carboxylic acids is 1. The topological polar surface area (TPSA) is 124 Å². The molecule has 1 aliphatic rings. The highest BCUT2D eigenvalue weighted by Gasteiger charge is 2.27. The summed E-state index contributed by atoms with van der Waals surface area (Å²) in [5.41, 5.74) is 8.80. The Hall–Kier alpha value is -3.30. The van der Waals surface area contributed by atoms with E-state index in [0.717, 1.165) is 42.5 Å². The van der Waals surface area contributed by atoms with E-state index in [0.29, 0.717) is 23.7 Å². The van der Waals surface area contributed by atoms with Gasteiger partial charge in [-0.25, -0.2) is 4.98 Å². The Labute approximate surface area is 186 Å². The third kappa shape index (κ3) is 4.79. The van der Waals surface area contributed by atoms with Crippen LogP contribution in [0.15, 0.2) is 36.5 Å². The predicted molar refractivity (Wildman–Crippen MR) is 123 cm³/mol. The van der Waals surface area contributed by atoms with Crippen LogP contribution in [-0.4, -0.2) is 60.0 Å². The largest absolute Gasteiger partial charge is 0.478 e. The first-order valence-electron chi connectivity index (χ1n) is 10.8. The second-order valence-corrected chi connectivity index (χ2v) is 7.84. The van der Waals surface area contributed by atoms with Crippen molar-refractivity contribution in [2.24, 2.45) is 5.73 Å². The van der Waals surface area contributed by atoms with Crippen LogP contribution in [0.5, 0.6) is 5.88 Å². The van der Waals surface area contributed by atoms with Gasteiger partial charge in [-0.05, 0) is 57.1 Å². The van der Waals surface area contributed by atoms with Gasteiger partial charge >= 0.3 is 0 Å². The van der Waals surface area contributed by atoms with Crippen LogP contribution in [0.2, 0.25) is 0 Å². The minimum atomic E-state index is -0.629. The number of nitrogens with zero attached hydrogens (tertiary/aromatic N) is 3. The monoisotopic (exact) mass is 436 g/mol. The van der Waals surface area contributed by atoms with Crippen molar-refractivity contribution >= 4 is 22.5 Å². The third-order valence-electron chi connectivity index (χ3n) is 5.55. The SMILES string of the molecule is CNCCCOc1ccc(-c2ccc3nnc(C(N)=O)c(N[C@@H](C)C4CCO4)c3c2)cn1. The number of nitrogens with two attached hydrogens (primary N) is 1. The molecule has 3 heterocycles. The summed E-state index contributed by atoms with van der Waals surface area (Å²) in [5, 5.41) is 15.5. The summed E-state index contributed by atoms with van der Waals surface area (Å²) in [6, 6.07) is 9.61. The molecule has 168 valence electrons. The summed E-state index contributed by atoms with van der Waals surface area (Å²) in [6.45, 7) is 4.27. The molecule has 1 saturated heterocycles. The van der Waals surface area contributed by atoms with E-state index in [4.69, 9.17) is 15.2 Å². The molecule has 1 aromatic carbocycles. The van der Waals surface area contributed by atoms with E-state index in [1.165, 1.54) is 0 Å². The Kier molecular flexibility index (Phi) is 6.77. The molecule has 1 fully saturated rings. The van der Waals surface area contributed by atoms with Gasteiger partial charge in [0.25, 0.3) is 5.91 Å². The number of rotatable bonds is 10. The molecule has 0 bridgehead atoms. The number of amides is 1. The number of hydrogen-bond donors (Lipinski definition) is 3. The van der Waals surface area contributed by atoms with Crippen LogP contribution in [0.1, 0.15) is 30.3 Å². The van der Waals surface area contributed by atoms with Gasteiger partial charge in [0.2, 0.25) is 5.88 Å². The molecule has 32 heavy (non-hydrogen) atoms. The fraction of sp³-hybridized carbons (Fsp3) is 0.391. The van der Waals surface area contributed by atoms with Gasteiger partial charge in [-0.1, -0.05) is 6.07 Å². The van der Waals surface area contributed by atoms with Crippen molar-refractivity contribution < 1.29 is 14.3 Å². The highest BCUT2D eigenvalue weighted by Crippen LogP contribution is 2.31. The van der Waals surface area contributed by atoms with E-state index in [9.17, 15) is 4.79 Å². The maximum Gasteiger partial charge on any atom is 0.271 e. The fourth-order valence-electron chi connectivity index (χ4n) is 3.63. The van der Waals surface area contributed by atoms with E-state index in [1.807, 2.05) is 44.3 Å². The van der Waals surface area contributed by atoms with Crippen LogP contribution in [0, 0.1) is 0 Å². The Balaban J connectivity index is 1.63. The summed E-state index contributed by atoms with van der Waals surface area (Å²) >= 11 is 0. The molecule has 4 rings (SSSR count). The van der Waals surface area contributed by atoms with Gasteiger partial charge in [-0.15, -0.1) is 10.2 Å². The molecule has 3 aromatic rings. The van der Waals surface area contributed by atoms with E-state index < -0.39 is 5.91 Å². The second kappa shape index (κ2) is 9.88. The number of anilines is 1. The molecular weight excluding hydrogens is 408 g/mol. The van der Waals surface area contributed by atoms with Crippen molar-refractivity contribution in [3.8, 4) is 17.0 Å². The van der Waals surface area contributed by atoms with Crippen molar-refractivity contribution in [3.63, 3.8) is 0 Å². The molecule has 0 aliphatic carbocycles. The molecule has 1 aliphatic heterocycles. The van der Waals surface area contributed by atoms with E-state index >= 15 is 0 Å². The minimum absolute atomic E-state index is 0.00101. The van der Waals surface area contributed by atoms with Crippen molar-refractivity contribution in [3.05, 3.63) is 42.2 Å². The highest BCUT2D eigenvalue weighted by molar-refractivity contribution is 6.05. The minimum Gasteiger partial charge on any atom is -0.478 e. The van der Waals surface area contributed by atoms with Crippen molar-refractivity contribution in [2.45, 2.75) is 31.9 Å². The lowest BCUT2D eigenvalue weighted by atomic mass is 10.0. The molecule has 2 atom stereocenters. The standard InChI is InChI=1S/C23H28N6O3/c1-14(19-8-11-31-19)27-21-17-12-15(4-6-18(17)28-29-22(21)23(24)30)16-5-7-20(26-13-16)32-10-3-9-25-2/h4-7,12-14,19,25H,3,8-11H2,1-2H3,(H2,24,30)(H,27,28)/t14-,19?/m0/s1. The van der Waals surface area contributed by atoms with Crippen molar-refractivity contribution in [2.75, 3.05) is 32.1 Å². The van der Waals surface area contributed by atoms with E-state index in [1.54, 1.807) is 6.20 Å². The van der Waals surface area contributed by atoms with Gasteiger partial charge in [0.1, 0.15) is 0 Å². The lowest BCUT2D eigenvalue weighted by Gasteiger charge is -2.33. The fourth-order valence-corrected chi connectivity index (χ4v) is 3.63. The molecule has 0 saturated carbocycles. The first kappa shape index (κ1) is 21.9. The van der Waals surface area contributed by atoms with Gasteiger partial charge in [0, 0.05) is 35.9 Å². The van der Waals surface area contributed by atoms with Crippen LogP contribution < -0.4 is 21.1 Å². The van der Waals surface area contributed by atoms with Gasteiger partial charge < -0.3 is 25.8 Å². The molecule has 0 spiro atoms. The number of aromatic nitrogens is 3. The van der Waals surface area contributed by atoms with Gasteiger partial charge in [-0.3, -0.25) is 4.79 Å². The summed E-state index contributed by atoms with van der Waals surface area (Å²) < 4.78 is 11.3. The highest BCUT2D eigenvalue weighted by atomic mass is 16.5. The molecule has 0 radical (unpaired) electrons. The summed E-state index contributed by atoms with van der Waals surface area (Å²) in [4.78, 5) is 16.5. The van der Waals surface area contributed by atoms with Gasteiger partial charge in [0.15, 0.2) is 5.69 Å². The molecule has 4 N–H and O–H groups in total. The molecule has 9 nitrogen and oxygen atoms in total. The molecule has 2 aromatic heterocycles. The average Bonchev–Trinajstić information content (AvgIpc) is 2.75. The number of carbonyl (C=O) groups is 1. The lowest BCUT2D eigenvalue weighted by Crippen LogP contribution is -2.41. The Morgan fingerprint density at radius 3 is 2.75 bits per heavy atom. The third-order valence-corrected chi connectivity index (χ3v) is 5.55. The maximum atomic E-state index is 12.0. The van der Waals surface area contributed by atoms with Gasteiger partial charge in [-0.2, -0.15) is 0 Å². The number of pyridine rings is 1. The summed E-state index contributed by atoms with van der Waals surface area (Å²) in [6.07, 6.45) is 3.74. The first-order valence-corrected chi connectivity index (χ1v) is 10.8. The quantitative estimate of drug-likeness (QED) is 0.414. The van der Waals surface area contributed by atoms with Crippen LogP contribution in [0.3, 0.4) is 0 Å². The zero-order chi connectivity index (χ0) is 22.5. The Bertz CT molecular complexity index is 1090. The Morgan fingerprint density at radius 2 is 2.09 bits per heavy atom. The van der Waals surface area contributed by atoms with E-state index in [2.05, 4.69) is 25.8 Å². The molecule has 9 heteroatoms. The number of primary amides is 1. The summed E-state index contributed by atoms with van der Waals surface area (Å²) in [7, 11) is 1.91. The number of fused-ring (bicyclic) bond motifs is 1. The Morgan fingerprint density at radius 1 is 1.28 bits per heavy atom. The van der Waals surface area contributed by atoms with E-state index in [-0.39, 0.29) is 17.8 Å². The maximum absolute atomic E-state index is 12.0. The zero-order valence-corrected chi connectivity index (χ0v) is 18.3. The normalized spacial score (nSPS) is 16.4. The average molecular weight is 437 g/mol. The number of ether oxygens (including phenoxy) is 2. The van der Waals surface area contributed by atoms with Crippen molar-refractivity contribution in [1.82, 2.24) is 20.5 Å². The van der Waals surface area contributed by atoms with Crippen LogP contribution in [-0.2, 0) is 4.74 Å². The molecule has 1 unspecified atom stereocenters. The van der Waals surface area contributed by atoms with Crippen LogP contribution in [0.4, 0.5) is 5.69 Å².